The van der Waals surface area contributed by atoms with Crippen molar-refractivity contribution in [2.75, 3.05) is 0 Å². The molecule has 0 saturated carbocycles. The molecule has 1 atom stereocenters. The van der Waals surface area contributed by atoms with Crippen LogP contribution in [0.15, 0.2) is 24.3 Å². The number of aliphatic carboxylic acids is 1. The Morgan fingerprint density at radius 1 is 1.44 bits per heavy atom. The maximum absolute atomic E-state index is 10.9. The summed E-state index contributed by atoms with van der Waals surface area (Å²) in [7, 11) is 0. The largest absolute Gasteiger partial charge is 0.481 e. The Morgan fingerprint density at radius 3 is 3.06 bits per heavy atom. The van der Waals surface area contributed by atoms with E-state index in [1.54, 1.807) is 0 Å². The lowest BCUT2D eigenvalue weighted by Crippen LogP contribution is -2.25. The molecule has 1 N–H and O–H groups in total. The normalized spacial score (nSPS) is 19.6. The number of carboxylic acid groups (broad SMARTS) is 1. The lowest BCUT2D eigenvalue weighted by atomic mass is 9.98. The third-order valence-electron chi connectivity index (χ3n) is 3.21. The highest BCUT2D eigenvalue weighted by Crippen LogP contribution is 2.25. The molecule has 0 bridgehead atoms. The van der Waals surface area contributed by atoms with E-state index in [0.717, 1.165) is 23.4 Å². The average Bonchev–Trinajstić information content (AvgIpc) is 2.66. The van der Waals surface area contributed by atoms with E-state index in [0.29, 0.717) is 12.8 Å². The first-order valence-corrected chi connectivity index (χ1v) is 5.42. The quantitative estimate of drug-likeness (QED) is 0.789. The van der Waals surface area contributed by atoms with Crippen molar-refractivity contribution in [2.45, 2.75) is 19.4 Å². The molecule has 2 aromatic rings. The fraction of sp³-hybridized carbons (Fsp3) is 0.333. The van der Waals surface area contributed by atoms with Crippen molar-refractivity contribution in [3.63, 3.8) is 0 Å². The highest BCUT2D eigenvalue weighted by molar-refractivity contribution is 5.77. The van der Waals surface area contributed by atoms with Crippen LogP contribution in [0, 0.1) is 5.92 Å². The highest BCUT2D eigenvalue weighted by Gasteiger charge is 2.26. The number of fused-ring (bicyclic) bond motifs is 3. The van der Waals surface area contributed by atoms with Crippen LogP contribution in [0.5, 0.6) is 0 Å². The minimum atomic E-state index is -0.710. The fourth-order valence-electron chi connectivity index (χ4n) is 2.35. The van der Waals surface area contributed by atoms with Crippen molar-refractivity contribution in [1.29, 1.82) is 0 Å². The average molecular weight is 216 g/mol. The topological polar surface area (TPSA) is 55.1 Å². The second-order valence-electron chi connectivity index (χ2n) is 4.20. The number of rotatable bonds is 1. The van der Waals surface area contributed by atoms with Gasteiger partial charge in [0.2, 0.25) is 0 Å². The van der Waals surface area contributed by atoms with Gasteiger partial charge in [0, 0.05) is 13.0 Å². The van der Waals surface area contributed by atoms with Crippen molar-refractivity contribution in [2.24, 2.45) is 5.92 Å². The van der Waals surface area contributed by atoms with Gasteiger partial charge >= 0.3 is 5.97 Å². The molecular formula is C12H12N2O2. The van der Waals surface area contributed by atoms with Crippen LogP contribution in [0.2, 0.25) is 0 Å². The van der Waals surface area contributed by atoms with E-state index in [9.17, 15) is 4.79 Å². The third-order valence-corrected chi connectivity index (χ3v) is 3.21. The van der Waals surface area contributed by atoms with Crippen LogP contribution in [0.1, 0.15) is 12.2 Å². The van der Waals surface area contributed by atoms with Crippen molar-refractivity contribution < 1.29 is 9.90 Å². The molecule has 0 spiro atoms. The lowest BCUT2D eigenvalue weighted by Gasteiger charge is -2.20. The van der Waals surface area contributed by atoms with Crippen LogP contribution in [0.3, 0.4) is 0 Å². The number of carbonyl (C=O) groups is 1. The van der Waals surface area contributed by atoms with E-state index in [-0.39, 0.29) is 5.92 Å². The van der Waals surface area contributed by atoms with E-state index in [2.05, 4.69) is 9.55 Å². The minimum Gasteiger partial charge on any atom is -0.481 e. The monoisotopic (exact) mass is 216 g/mol. The van der Waals surface area contributed by atoms with Gasteiger partial charge in [-0.1, -0.05) is 12.1 Å². The van der Waals surface area contributed by atoms with Gasteiger partial charge in [0.25, 0.3) is 0 Å². The zero-order chi connectivity index (χ0) is 11.1. The Hall–Kier alpha value is -1.84. The molecular weight excluding hydrogens is 204 g/mol. The van der Waals surface area contributed by atoms with Gasteiger partial charge in [0.15, 0.2) is 0 Å². The molecule has 1 aromatic carbocycles. The number of hydrogen-bond acceptors (Lipinski definition) is 2. The van der Waals surface area contributed by atoms with Crippen molar-refractivity contribution >= 4 is 17.0 Å². The molecule has 0 saturated heterocycles. The molecule has 1 aliphatic rings. The van der Waals surface area contributed by atoms with Crippen LogP contribution in [-0.4, -0.2) is 20.6 Å². The Balaban J connectivity index is 2.09. The summed E-state index contributed by atoms with van der Waals surface area (Å²) in [6.07, 6.45) is 1.24. The van der Waals surface area contributed by atoms with Gasteiger partial charge < -0.3 is 9.67 Å². The standard InChI is InChI=1S/C12H12N2O2/c15-12(16)8-5-6-14-10-4-2-1-3-9(10)13-11(14)7-8/h1-4,8H,5-7H2,(H,15,16)/t8-/m0/s1. The molecule has 0 amide bonds. The van der Waals surface area contributed by atoms with Gasteiger partial charge in [-0.25, -0.2) is 4.98 Å². The van der Waals surface area contributed by atoms with E-state index in [1.807, 2.05) is 24.3 Å². The first-order chi connectivity index (χ1) is 7.75. The van der Waals surface area contributed by atoms with E-state index in [1.165, 1.54) is 0 Å². The summed E-state index contributed by atoms with van der Waals surface area (Å²) in [4.78, 5) is 15.4. The Kier molecular flexibility index (Phi) is 1.96. The van der Waals surface area contributed by atoms with Crippen LogP contribution >= 0.6 is 0 Å². The van der Waals surface area contributed by atoms with E-state index < -0.39 is 5.97 Å². The zero-order valence-corrected chi connectivity index (χ0v) is 8.76. The summed E-state index contributed by atoms with van der Waals surface area (Å²) in [5.74, 6) is -0.0810. The molecule has 4 heteroatoms. The molecule has 0 unspecified atom stereocenters. The summed E-state index contributed by atoms with van der Waals surface area (Å²) in [6, 6.07) is 7.94. The number of hydrogen-bond donors (Lipinski definition) is 1. The summed E-state index contributed by atoms with van der Waals surface area (Å²) in [5.41, 5.74) is 2.07. The van der Waals surface area contributed by atoms with Crippen molar-refractivity contribution in [3.05, 3.63) is 30.1 Å². The number of para-hydroxylation sites is 2. The van der Waals surface area contributed by atoms with Gasteiger partial charge in [-0.15, -0.1) is 0 Å². The Morgan fingerprint density at radius 2 is 2.25 bits per heavy atom. The molecule has 3 rings (SSSR count). The number of aromatic nitrogens is 2. The van der Waals surface area contributed by atoms with Gasteiger partial charge in [0.05, 0.1) is 17.0 Å². The fourth-order valence-corrected chi connectivity index (χ4v) is 2.35. The molecule has 1 aromatic heterocycles. The van der Waals surface area contributed by atoms with Gasteiger partial charge in [-0.2, -0.15) is 0 Å². The maximum Gasteiger partial charge on any atom is 0.307 e. The molecule has 2 heterocycles. The third kappa shape index (κ3) is 1.30. The van der Waals surface area contributed by atoms with Gasteiger partial charge in [-0.05, 0) is 18.6 Å². The molecule has 0 aliphatic carbocycles. The number of carboxylic acids is 1. The molecule has 4 nitrogen and oxygen atoms in total. The molecule has 1 aliphatic heterocycles. The summed E-state index contributed by atoms with van der Waals surface area (Å²) >= 11 is 0. The second kappa shape index (κ2) is 3.33. The molecule has 0 radical (unpaired) electrons. The first-order valence-electron chi connectivity index (χ1n) is 5.42. The molecule has 82 valence electrons. The van der Waals surface area contributed by atoms with Crippen LogP contribution in [0.25, 0.3) is 11.0 Å². The van der Waals surface area contributed by atoms with Gasteiger partial charge in [-0.3, -0.25) is 4.79 Å². The van der Waals surface area contributed by atoms with Gasteiger partial charge in [0.1, 0.15) is 5.82 Å². The number of nitrogens with zero attached hydrogens (tertiary/aromatic N) is 2. The smallest absolute Gasteiger partial charge is 0.307 e. The molecule has 0 fully saturated rings. The maximum atomic E-state index is 10.9. The number of imidazole rings is 1. The highest BCUT2D eigenvalue weighted by atomic mass is 16.4. The SMILES string of the molecule is O=C(O)[C@H]1CCn2c(nc3ccccc32)C1. The van der Waals surface area contributed by atoms with Crippen LogP contribution < -0.4 is 0 Å². The predicted molar refractivity (Wildman–Crippen MR) is 59.2 cm³/mol. The Labute approximate surface area is 92.5 Å². The second-order valence-corrected chi connectivity index (χ2v) is 4.20. The Bertz CT molecular complexity index is 559. The minimum absolute atomic E-state index is 0.274. The van der Waals surface area contributed by atoms with E-state index >= 15 is 0 Å². The predicted octanol–water partition coefficient (Wildman–Crippen LogP) is 1.68. The number of aryl methyl sites for hydroxylation is 1. The first kappa shape index (κ1) is 9.39. The van der Waals surface area contributed by atoms with Crippen molar-refractivity contribution in [3.8, 4) is 0 Å². The summed E-state index contributed by atoms with van der Waals surface area (Å²) in [6.45, 7) is 0.757. The lowest BCUT2D eigenvalue weighted by molar-refractivity contribution is -0.142. The molecule has 16 heavy (non-hydrogen) atoms. The number of benzene rings is 1. The van der Waals surface area contributed by atoms with E-state index in [4.69, 9.17) is 5.11 Å². The summed E-state index contributed by atoms with van der Waals surface area (Å²) in [5, 5.41) is 9.00. The van der Waals surface area contributed by atoms with Crippen LogP contribution in [0.4, 0.5) is 0 Å². The summed E-state index contributed by atoms with van der Waals surface area (Å²) < 4.78 is 2.13. The van der Waals surface area contributed by atoms with Crippen LogP contribution in [-0.2, 0) is 17.8 Å². The van der Waals surface area contributed by atoms with Crippen molar-refractivity contribution in [1.82, 2.24) is 9.55 Å². The zero-order valence-electron chi connectivity index (χ0n) is 8.76.